The minimum Gasteiger partial charge on any atom is -0.480 e. The smallest absolute Gasteiger partial charge is 0.322 e. The number of hydrogen-bond acceptors (Lipinski definition) is 3. The Bertz CT molecular complexity index is 533. The number of hydrogen-bond donors (Lipinski definition) is 4. The highest BCUT2D eigenvalue weighted by Crippen LogP contribution is 2.19. The molecule has 20 heavy (non-hydrogen) atoms. The van der Waals surface area contributed by atoms with E-state index in [9.17, 15) is 14.4 Å². The fourth-order valence-electron chi connectivity index (χ4n) is 1.24. The third-order valence-corrected chi connectivity index (χ3v) is 2.68. The number of halogens is 1. The maximum absolute atomic E-state index is 11.5. The maximum Gasteiger partial charge on any atom is 0.322 e. The van der Waals surface area contributed by atoms with E-state index in [1.807, 2.05) is 6.92 Å². The van der Waals surface area contributed by atoms with Gasteiger partial charge in [-0.05, 0) is 24.6 Å². The molecule has 0 atom stereocenters. The second-order valence-corrected chi connectivity index (χ2v) is 4.35. The Morgan fingerprint density at radius 2 is 1.90 bits per heavy atom. The van der Waals surface area contributed by atoms with Gasteiger partial charge in [0.2, 0.25) is 5.91 Å². The fraction of sp³-hybridized carbons (Fsp3) is 0.250. The molecule has 0 aliphatic carbocycles. The van der Waals surface area contributed by atoms with Gasteiger partial charge < -0.3 is 21.1 Å². The first-order chi connectivity index (χ1) is 9.38. The number of aryl methyl sites for hydroxylation is 1. The first-order valence-electron chi connectivity index (χ1n) is 5.68. The van der Waals surface area contributed by atoms with Crippen molar-refractivity contribution >= 4 is 35.2 Å². The number of benzene rings is 1. The van der Waals surface area contributed by atoms with Crippen molar-refractivity contribution in [2.24, 2.45) is 0 Å². The normalized spacial score (nSPS) is 9.70. The summed E-state index contributed by atoms with van der Waals surface area (Å²) in [4.78, 5) is 32.9. The highest BCUT2D eigenvalue weighted by Gasteiger charge is 2.07. The molecule has 108 valence electrons. The van der Waals surface area contributed by atoms with Crippen LogP contribution < -0.4 is 16.0 Å². The summed E-state index contributed by atoms with van der Waals surface area (Å²) < 4.78 is 0. The van der Waals surface area contributed by atoms with Gasteiger partial charge >= 0.3 is 12.0 Å². The molecule has 1 aromatic rings. The Balaban J connectivity index is 2.38. The Morgan fingerprint density at radius 3 is 2.50 bits per heavy atom. The van der Waals surface area contributed by atoms with Gasteiger partial charge in [0.1, 0.15) is 6.54 Å². The zero-order valence-corrected chi connectivity index (χ0v) is 11.5. The van der Waals surface area contributed by atoms with Crippen LogP contribution in [0.5, 0.6) is 0 Å². The zero-order valence-electron chi connectivity index (χ0n) is 10.7. The molecule has 3 amide bonds. The predicted octanol–water partition coefficient (Wildman–Crippen LogP) is 0.971. The van der Waals surface area contributed by atoms with Crippen LogP contribution in [0.1, 0.15) is 5.56 Å². The molecule has 0 unspecified atom stereocenters. The standard InChI is InChI=1S/C12H14ClN3O4/c1-7-2-3-8(4-9(7)13)16-12(20)15-5-10(17)14-6-11(18)19/h2-4H,5-6H2,1H3,(H,14,17)(H,18,19)(H2,15,16,20). The van der Waals surface area contributed by atoms with E-state index >= 15 is 0 Å². The van der Waals surface area contributed by atoms with E-state index in [-0.39, 0.29) is 6.54 Å². The van der Waals surface area contributed by atoms with E-state index < -0.39 is 24.5 Å². The molecule has 0 bridgehead atoms. The summed E-state index contributed by atoms with van der Waals surface area (Å²) in [6, 6.07) is 4.42. The summed E-state index contributed by atoms with van der Waals surface area (Å²) in [7, 11) is 0. The molecule has 0 fully saturated rings. The van der Waals surface area contributed by atoms with Gasteiger partial charge in [-0.3, -0.25) is 9.59 Å². The summed E-state index contributed by atoms with van der Waals surface area (Å²) in [5.41, 5.74) is 1.37. The van der Waals surface area contributed by atoms with Crippen molar-refractivity contribution in [3.63, 3.8) is 0 Å². The number of aliphatic carboxylic acids is 1. The number of carboxylic acid groups (broad SMARTS) is 1. The topological polar surface area (TPSA) is 108 Å². The summed E-state index contributed by atoms with van der Waals surface area (Å²) in [6.45, 7) is 1.02. The zero-order chi connectivity index (χ0) is 15.1. The van der Waals surface area contributed by atoms with Crippen LogP contribution in [-0.2, 0) is 9.59 Å². The van der Waals surface area contributed by atoms with Gasteiger partial charge in [-0.15, -0.1) is 0 Å². The van der Waals surface area contributed by atoms with Gasteiger partial charge in [0.15, 0.2) is 0 Å². The largest absolute Gasteiger partial charge is 0.480 e. The maximum atomic E-state index is 11.5. The van der Waals surface area contributed by atoms with Gasteiger partial charge in [0, 0.05) is 10.7 Å². The van der Waals surface area contributed by atoms with Crippen LogP contribution in [0.15, 0.2) is 18.2 Å². The molecule has 0 aliphatic heterocycles. The lowest BCUT2D eigenvalue weighted by Gasteiger charge is -2.08. The van der Waals surface area contributed by atoms with E-state index in [1.54, 1.807) is 18.2 Å². The Morgan fingerprint density at radius 1 is 1.20 bits per heavy atom. The summed E-state index contributed by atoms with van der Waals surface area (Å²) >= 11 is 5.90. The number of carbonyl (C=O) groups is 3. The average molecular weight is 300 g/mol. The number of urea groups is 1. The van der Waals surface area contributed by atoms with Gasteiger partial charge in [-0.2, -0.15) is 0 Å². The van der Waals surface area contributed by atoms with Crippen molar-refractivity contribution in [2.45, 2.75) is 6.92 Å². The van der Waals surface area contributed by atoms with Gasteiger partial charge in [0.05, 0.1) is 6.54 Å². The molecule has 7 nitrogen and oxygen atoms in total. The quantitative estimate of drug-likeness (QED) is 0.650. The first kappa shape index (κ1) is 15.8. The van der Waals surface area contributed by atoms with Crippen LogP contribution in [0.3, 0.4) is 0 Å². The second-order valence-electron chi connectivity index (χ2n) is 3.94. The lowest BCUT2D eigenvalue weighted by molar-refractivity contribution is -0.137. The molecule has 8 heteroatoms. The number of anilines is 1. The second kappa shape index (κ2) is 7.34. The van der Waals surface area contributed by atoms with E-state index in [0.717, 1.165) is 5.56 Å². The average Bonchev–Trinajstić information content (AvgIpc) is 2.38. The van der Waals surface area contributed by atoms with E-state index in [1.165, 1.54) is 0 Å². The highest BCUT2D eigenvalue weighted by molar-refractivity contribution is 6.31. The Labute approximate surface area is 120 Å². The molecule has 4 N–H and O–H groups in total. The number of nitrogens with one attached hydrogen (secondary N) is 3. The van der Waals surface area contributed by atoms with Crippen molar-refractivity contribution in [2.75, 3.05) is 18.4 Å². The van der Waals surface area contributed by atoms with Crippen LogP contribution in [0, 0.1) is 6.92 Å². The lowest BCUT2D eigenvalue weighted by atomic mass is 10.2. The monoisotopic (exact) mass is 299 g/mol. The van der Waals surface area contributed by atoms with Gasteiger partial charge in [-0.25, -0.2) is 4.79 Å². The molecule has 0 saturated carbocycles. The molecule has 0 aromatic heterocycles. The molecule has 0 aliphatic rings. The van der Waals surface area contributed by atoms with Crippen LogP contribution in [0.25, 0.3) is 0 Å². The van der Waals surface area contributed by atoms with Crippen molar-refractivity contribution in [3.05, 3.63) is 28.8 Å². The predicted molar refractivity (Wildman–Crippen MR) is 73.9 cm³/mol. The van der Waals surface area contributed by atoms with Crippen molar-refractivity contribution in [1.29, 1.82) is 0 Å². The summed E-state index contributed by atoms with van der Waals surface area (Å²) in [5, 5.41) is 15.8. The molecule has 0 heterocycles. The number of amides is 3. The van der Waals surface area contributed by atoms with Gasteiger partial charge in [0.25, 0.3) is 0 Å². The van der Waals surface area contributed by atoms with Gasteiger partial charge in [-0.1, -0.05) is 17.7 Å². The molecular weight excluding hydrogens is 286 g/mol. The molecule has 1 rings (SSSR count). The molecule has 0 radical (unpaired) electrons. The summed E-state index contributed by atoms with van der Waals surface area (Å²) in [5.74, 6) is -1.75. The number of carboxylic acids is 1. The third-order valence-electron chi connectivity index (χ3n) is 2.28. The molecule has 0 saturated heterocycles. The van der Waals surface area contributed by atoms with Crippen LogP contribution in [0.4, 0.5) is 10.5 Å². The minimum atomic E-state index is -1.16. The third kappa shape index (κ3) is 5.57. The minimum absolute atomic E-state index is 0.321. The van der Waals surface area contributed by atoms with Crippen molar-refractivity contribution < 1.29 is 19.5 Å². The molecular formula is C12H14ClN3O4. The molecule has 1 aromatic carbocycles. The number of carbonyl (C=O) groups excluding carboxylic acids is 2. The van der Waals surface area contributed by atoms with Crippen LogP contribution >= 0.6 is 11.6 Å². The van der Waals surface area contributed by atoms with Crippen LogP contribution in [-0.4, -0.2) is 36.1 Å². The van der Waals surface area contributed by atoms with Crippen LogP contribution in [0.2, 0.25) is 5.02 Å². The summed E-state index contributed by atoms with van der Waals surface area (Å²) in [6.07, 6.45) is 0. The number of rotatable bonds is 5. The van der Waals surface area contributed by atoms with E-state index in [4.69, 9.17) is 16.7 Å². The highest BCUT2D eigenvalue weighted by atomic mass is 35.5. The Kier molecular flexibility index (Phi) is 5.79. The Hall–Kier alpha value is -2.28. The first-order valence-corrected chi connectivity index (χ1v) is 6.06. The van der Waals surface area contributed by atoms with Crippen molar-refractivity contribution in [1.82, 2.24) is 10.6 Å². The van der Waals surface area contributed by atoms with E-state index in [2.05, 4.69) is 16.0 Å². The SMILES string of the molecule is Cc1ccc(NC(=O)NCC(=O)NCC(=O)O)cc1Cl. The van der Waals surface area contributed by atoms with E-state index in [0.29, 0.717) is 10.7 Å². The molecule has 0 spiro atoms. The lowest BCUT2D eigenvalue weighted by Crippen LogP contribution is -2.40. The van der Waals surface area contributed by atoms with Crippen molar-refractivity contribution in [3.8, 4) is 0 Å². The fourth-order valence-corrected chi connectivity index (χ4v) is 1.42.